The van der Waals surface area contributed by atoms with E-state index in [4.69, 9.17) is 23.2 Å². The molecule has 0 spiro atoms. The van der Waals surface area contributed by atoms with Crippen LogP contribution in [-0.2, 0) is 9.59 Å². The van der Waals surface area contributed by atoms with E-state index in [0.717, 1.165) is 0 Å². The smallest absolute Gasteiger partial charge is 0.301 e. The van der Waals surface area contributed by atoms with E-state index in [1.165, 1.54) is 16.2 Å². The molecule has 0 aliphatic carbocycles. The van der Waals surface area contributed by atoms with E-state index in [1.807, 2.05) is 0 Å². The number of aryl methyl sites for hydroxylation is 1. The molecular formula is C20H13Cl2N3O3S. The lowest BCUT2D eigenvalue weighted by molar-refractivity contribution is -0.132. The van der Waals surface area contributed by atoms with E-state index < -0.39 is 17.7 Å². The second-order valence-electron chi connectivity index (χ2n) is 6.31. The van der Waals surface area contributed by atoms with Gasteiger partial charge in [-0.05, 0) is 24.6 Å². The van der Waals surface area contributed by atoms with Crippen LogP contribution >= 0.6 is 34.5 Å². The van der Waals surface area contributed by atoms with Crippen LogP contribution in [0.3, 0.4) is 0 Å². The van der Waals surface area contributed by atoms with E-state index in [2.05, 4.69) is 10.2 Å². The highest BCUT2D eigenvalue weighted by atomic mass is 35.5. The second kappa shape index (κ2) is 7.59. The zero-order valence-corrected chi connectivity index (χ0v) is 17.3. The summed E-state index contributed by atoms with van der Waals surface area (Å²) in [6.45, 7) is 1.75. The van der Waals surface area contributed by atoms with Gasteiger partial charge in [-0.1, -0.05) is 70.9 Å². The van der Waals surface area contributed by atoms with Gasteiger partial charge in [-0.15, -0.1) is 10.2 Å². The third-order valence-corrected chi connectivity index (χ3v) is 6.05. The second-order valence-corrected chi connectivity index (χ2v) is 8.29. The van der Waals surface area contributed by atoms with E-state index in [9.17, 15) is 14.7 Å². The SMILES string of the molecule is Cc1nnc(N2C(=O)C(=O)/C(=C(\O)c3ccccc3)C2c2ccc(Cl)c(Cl)c2)s1. The Balaban J connectivity index is 1.97. The van der Waals surface area contributed by atoms with Crippen molar-refractivity contribution in [3.63, 3.8) is 0 Å². The fourth-order valence-corrected chi connectivity index (χ4v) is 4.18. The van der Waals surface area contributed by atoms with Crippen LogP contribution in [0.5, 0.6) is 0 Å². The fraction of sp³-hybridized carbons (Fsp3) is 0.100. The molecule has 0 saturated carbocycles. The van der Waals surface area contributed by atoms with Crippen LogP contribution in [0.2, 0.25) is 10.0 Å². The molecule has 6 nitrogen and oxygen atoms in total. The monoisotopic (exact) mass is 445 g/mol. The Morgan fingerprint density at radius 1 is 1.07 bits per heavy atom. The number of ketones is 1. The van der Waals surface area contributed by atoms with E-state index in [-0.39, 0.29) is 21.5 Å². The minimum atomic E-state index is -0.919. The average Bonchev–Trinajstić information content (AvgIpc) is 3.25. The molecule has 1 aromatic heterocycles. The van der Waals surface area contributed by atoms with Gasteiger partial charge in [-0.2, -0.15) is 0 Å². The van der Waals surface area contributed by atoms with Gasteiger partial charge in [0.25, 0.3) is 5.78 Å². The number of anilines is 1. The number of aromatic nitrogens is 2. The number of carbonyl (C=O) groups excluding carboxylic acids is 2. The van der Waals surface area contributed by atoms with Crippen molar-refractivity contribution in [2.45, 2.75) is 13.0 Å². The summed E-state index contributed by atoms with van der Waals surface area (Å²) in [5, 5.41) is 20.4. The Kier molecular flexibility index (Phi) is 5.12. The number of rotatable bonds is 3. The van der Waals surface area contributed by atoms with Gasteiger partial charge in [0.2, 0.25) is 5.13 Å². The summed E-state index contributed by atoms with van der Waals surface area (Å²) >= 11 is 13.4. The number of aliphatic hydroxyl groups excluding tert-OH is 1. The Bertz CT molecular complexity index is 1160. The van der Waals surface area contributed by atoms with Crippen molar-refractivity contribution < 1.29 is 14.7 Å². The lowest BCUT2D eigenvalue weighted by Gasteiger charge is -2.22. The third-order valence-electron chi connectivity index (χ3n) is 4.47. The van der Waals surface area contributed by atoms with Crippen molar-refractivity contribution in [3.8, 4) is 0 Å². The molecule has 2 aromatic carbocycles. The van der Waals surface area contributed by atoms with Crippen LogP contribution in [0, 0.1) is 6.92 Å². The highest BCUT2D eigenvalue weighted by Crippen LogP contribution is 2.43. The van der Waals surface area contributed by atoms with E-state index in [1.54, 1.807) is 55.5 Å². The number of aliphatic hydroxyl groups is 1. The molecule has 9 heteroatoms. The van der Waals surface area contributed by atoms with Gasteiger partial charge in [0.1, 0.15) is 10.8 Å². The minimum absolute atomic E-state index is 0.0487. The Morgan fingerprint density at radius 3 is 2.41 bits per heavy atom. The van der Waals surface area contributed by atoms with Gasteiger partial charge in [-0.25, -0.2) is 0 Å². The van der Waals surface area contributed by atoms with Crippen molar-refractivity contribution in [2.75, 3.05) is 4.90 Å². The maximum Gasteiger partial charge on any atom is 0.301 e. The molecule has 1 amide bonds. The minimum Gasteiger partial charge on any atom is -0.507 e. The molecule has 1 atom stereocenters. The third kappa shape index (κ3) is 3.42. The molecule has 1 N–H and O–H groups in total. The summed E-state index contributed by atoms with van der Waals surface area (Å²) in [5.74, 6) is -1.88. The summed E-state index contributed by atoms with van der Waals surface area (Å²) in [5.41, 5.74) is 0.889. The van der Waals surface area contributed by atoms with Gasteiger partial charge in [0.05, 0.1) is 21.7 Å². The number of benzene rings is 2. The van der Waals surface area contributed by atoms with Crippen molar-refractivity contribution in [1.29, 1.82) is 0 Å². The summed E-state index contributed by atoms with van der Waals surface area (Å²) in [4.78, 5) is 27.1. The molecule has 0 bridgehead atoms. The number of nitrogens with zero attached hydrogens (tertiary/aromatic N) is 3. The van der Waals surface area contributed by atoms with Crippen molar-refractivity contribution >= 4 is 57.1 Å². The summed E-state index contributed by atoms with van der Waals surface area (Å²) in [6.07, 6.45) is 0. The first-order valence-corrected chi connectivity index (χ1v) is 10.1. The Hall–Kier alpha value is -2.74. The van der Waals surface area contributed by atoms with Crippen LogP contribution < -0.4 is 4.90 Å². The van der Waals surface area contributed by atoms with Gasteiger partial charge >= 0.3 is 5.91 Å². The molecule has 1 unspecified atom stereocenters. The highest BCUT2D eigenvalue weighted by Gasteiger charge is 2.48. The zero-order chi connectivity index (χ0) is 20.7. The predicted octanol–water partition coefficient (Wildman–Crippen LogP) is 4.78. The predicted molar refractivity (Wildman–Crippen MR) is 112 cm³/mol. The van der Waals surface area contributed by atoms with Gasteiger partial charge in [0, 0.05) is 5.56 Å². The summed E-state index contributed by atoms with van der Waals surface area (Å²) < 4.78 is 0. The summed E-state index contributed by atoms with van der Waals surface area (Å²) in [7, 11) is 0. The topological polar surface area (TPSA) is 83.4 Å². The molecule has 3 aromatic rings. The highest BCUT2D eigenvalue weighted by molar-refractivity contribution is 7.15. The number of halogens is 2. The summed E-state index contributed by atoms with van der Waals surface area (Å²) in [6, 6.07) is 12.4. The number of amides is 1. The Labute approximate surface area is 180 Å². The van der Waals surface area contributed by atoms with Crippen molar-refractivity contribution in [3.05, 3.63) is 80.3 Å². The molecule has 1 aliphatic rings. The maximum absolute atomic E-state index is 12.9. The lowest BCUT2D eigenvalue weighted by Crippen LogP contribution is -2.29. The van der Waals surface area contributed by atoms with Crippen LogP contribution in [0.25, 0.3) is 5.76 Å². The van der Waals surface area contributed by atoms with E-state index in [0.29, 0.717) is 21.2 Å². The van der Waals surface area contributed by atoms with Gasteiger partial charge in [0.15, 0.2) is 0 Å². The molecular weight excluding hydrogens is 433 g/mol. The Morgan fingerprint density at radius 2 is 1.79 bits per heavy atom. The van der Waals surface area contributed by atoms with Crippen LogP contribution in [0.4, 0.5) is 5.13 Å². The van der Waals surface area contributed by atoms with Crippen LogP contribution in [-0.4, -0.2) is 27.0 Å². The van der Waals surface area contributed by atoms with Crippen molar-refractivity contribution in [2.24, 2.45) is 0 Å². The first kappa shape index (κ1) is 19.6. The quantitative estimate of drug-likeness (QED) is 0.356. The van der Waals surface area contributed by atoms with Crippen LogP contribution in [0.1, 0.15) is 22.2 Å². The first-order valence-electron chi connectivity index (χ1n) is 8.50. The van der Waals surface area contributed by atoms with Crippen molar-refractivity contribution in [1.82, 2.24) is 10.2 Å². The fourth-order valence-electron chi connectivity index (χ4n) is 3.16. The zero-order valence-electron chi connectivity index (χ0n) is 15.0. The molecule has 4 rings (SSSR count). The molecule has 0 radical (unpaired) electrons. The molecule has 146 valence electrons. The first-order chi connectivity index (χ1) is 13.9. The number of Topliss-reactive ketones (excluding diaryl/α,β-unsaturated/α-hetero) is 1. The molecule has 1 saturated heterocycles. The lowest BCUT2D eigenvalue weighted by atomic mass is 9.95. The normalized spacial score (nSPS) is 18.4. The van der Waals surface area contributed by atoms with E-state index >= 15 is 0 Å². The molecule has 29 heavy (non-hydrogen) atoms. The van der Waals surface area contributed by atoms with Gasteiger partial charge in [-0.3, -0.25) is 14.5 Å². The molecule has 1 aliphatic heterocycles. The number of hydrogen-bond donors (Lipinski definition) is 1. The van der Waals surface area contributed by atoms with Gasteiger partial charge < -0.3 is 5.11 Å². The average molecular weight is 446 g/mol. The number of carbonyl (C=O) groups is 2. The number of hydrogen-bond acceptors (Lipinski definition) is 6. The molecule has 2 heterocycles. The molecule has 1 fully saturated rings. The van der Waals surface area contributed by atoms with Crippen LogP contribution in [0.15, 0.2) is 54.1 Å². The maximum atomic E-state index is 12.9. The standard InChI is InChI=1S/C20H13Cl2N3O3S/c1-10-23-24-20(29-10)25-16(12-7-8-13(21)14(22)9-12)15(18(27)19(25)28)17(26)11-5-3-2-4-6-11/h2-9,16,26H,1H3/b17-15-. The largest absolute Gasteiger partial charge is 0.507 e.